The number of benzene rings is 3. The Labute approximate surface area is 236 Å². The topological polar surface area (TPSA) is 70.6 Å². The summed E-state index contributed by atoms with van der Waals surface area (Å²) in [6, 6.07) is 17.1. The Kier molecular flexibility index (Phi) is 8.30. The smallest absolute Gasteiger partial charge is 0.395 e. The predicted octanol–water partition coefficient (Wildman–Crippen LogP) is 5.54. The summed E-state index contributed by atoms with van der Waals surface area (Å²) in [5.74, 6) is 0. The standard InChI is InChI=1S/C30H32F3N5O3/c1-2-36-26-13-10-23(30(31,32)33)20-27(26)37(24-6-4-3-5-7-24)29(41)38(28(36)40)25-11-8-22(9-12-25)21-35-16-14-34(15-17-35)18-19-39/h3-13,20,39H,2,14-19,21H2,1H3. The number of urea groups is 2. The van der Waals surface area contributed by atoms with Gasteiger partial charge >= 0.3 is 18.2 Å². The molecule has 0 radical (unpaired) electrons. The van der Waals surface area contributed by atoms with Gasteiger partial charge in [-0.05, 0) is 55.0 Å². The number of alkyl halides is 3. The minimum atomic E-state index is -4.63. The van der Waals surface area contributed by atoms with Gasteiger partial charge in [0.15, 0.2) is 0 Å². The van der Waals surface area contributed by atoms with E-state index in [2.05, 4.69) is 9.80 Å². The molecular formula is C30H32F3N5O3. The Hall–Kier alpha value is -3.93. The van der Waals surface area contributed by atoms with Crippen molar-refractivity contribution in [3.63, 3.8) is 0 Å². The van der Waals surface area contributed by atoms with Gasteiger partial charge in [-0.3, -0.25) is 19.6 Å². The summed E-state index contributed by atoms with van der Waals surface area (Å²) in [5.41, 5.74) is 0.936. The number of aliphatic hydroxyl groups excluding tert-OH is 1. The van der Waals surface area contributed by atoms with Crippen molar-refractivity contribution in [3.8, 4) is 0 Å². The highest BCUT2D eigenvalue weighted by Crippen LogP contribution is 2.43. The summed E-state index contributed by atoms with van der Waals surface area (Å²) < 4.78 is 41.2. The monoisotopic (exact) mass is 567 g/mol. The molecule has 2 aliphatic rings. The SMILES string of the molecule is CCN1C(=O)N(c2ccc(CN3CCN(CCO)CC3)cc2)C(=O)N(c2ccccc2)c2cc(C(F)(F)F)ccc21. The van der Waals surface area contributed by atoms with E-state index in [4.69, 9.17) is 5.11 Å². The molecular weight excluding hydrogens is 535 g/mol. The van der Waals surface area contributed by atoms with Crippen LogP contribution < -0.4 is 14.7 Å². The second kappa shape index (κ2) is 11.9. The van der Waals surface area contributed by atoms with Gasteiger partial charge in [0.2, 0.25) is 0 Å². The zero-order chi connectivity index (χ0) is 29.1. The first-order chi connectivity index (χ1) is 19.7. The Balaban J connectivity index is 1.49. The third-order valence-electron chi connectivity index (χ3n) is 7.45. The number of carbonyl (C=O) groups excluding carboxylic acids is 2. The number of anilines is 4. The quantitative estimate of drug-likeness (QED) is 0.406. The van der Waals surface area contributed by atoms with E-state index >= 15 is 0 Å². The summed E-state index contributed by atoms with van der Waals surface area (Å²) in [6.45, 7) is 6.81. The van der Waals surface area contributed by atoms with Crippen molar-refractivity contribution in [3.05, 3.63) is 83.9 Å². The molecule has 0 aliphatic carbocycles. The molecule has 5 rings (SSSR count). The summed E-state index contributed by atoms with van der Waals surface area (Å²) in [6.07, 6.45) is -4.63. The molecule has 0 unspecified atom stereocenters. The molecule has 0 saturated carbocycles. The van der Waals surface area contributed by atoms with Gasteiger partial charge < -0.3 is 5.11 Å². The van der Waals surface area contributed by atoms with Crippen LogP contribution in [0.1, 0.15) is 18.1 Å². The van der Waals surface area contributed by atoms with Gasteiger partial charge in [-0.25, -0.2) is 14.5 Å². The first-order valence-corrected chi connectivity index (χ1v) is 13.6. The minimum absolute atomic E-state index is 0.0225. The van der Waals surface area contributed by atoms with Crippen molar-refractivity contribution in [1.82, 2.24) is 9.80 Å². The molecule has 0 bridgehead atoms. The predicted molar refractivity (Wildman–Crippen MR) is 152 cm³/mol. The van der Waals surface area contributed by atoms with Gasteiger partial charge in [0.1, 0.15) is 0 Å². The molecule has 0 aromatic heterocycles. The lowest BCUT2D eigenvalue weighted by molar-refractivity contribution is -0.137. The second-order valence-electron chi connectivity index (χ2n) is 10.0. The van der Waals surface area contributed by atoms with Crippen LogP contribution in [0.3, 0.4) is 0 Å². The number of hydrogen-bond donors (Lipinski definition) is 1. The Bertz CT molecular complexity index is 1380. The number of para-hydroxylation sites is 1. The maximum Gasteiger partial charge on any atom is 0.416 e. The van der Waals surface area contributed by atoms with E-state index in [1.807, 2.05) is 12.1 Å². The zero-order valence-corrected chi connectivity index (χ0v) is 22.7. The number of imide groups is 1. The molecule has 2 aliphatic heterocycles. The highest BCUT2D eigenvalue weighted by molar-refractivity contribution is 6.28. The van der Waals surface area contributed by atoms with Crippen LogP contribution in [0.15, 0.2) is 72.8 Å². The lowest BCUT2D eigenvalue weighted by Crippen LogP contribution is -2.48. The van der Waals surface area contributed by atoms with Crippen LogP contribution in [0.25, 0.3) is 0 Å². The number of amides is 4. The number of carbonyl (C=O) groups is 2. The second-order valence-corrected chi connectivity index (χ2v) is 10.0. The maximum absolute atomic E-state index is 14.1. The van der Waals surface area contributed by atoms with E-state index in [1.165, 1.54) is 11.0 Å². The maximum atomic E-state index is 14.1. The molecule has 0 spiro atoms. The molecule has 216 valence electrons. The molecule has 1 fully saturated rings. The number of hydrogen-bond acceptors (Lipinski definition) is 5. The van der Waals surface area contributed by atoms with Gasteiger partial charge in [0.05, 0.1) is 34.9 Å². The number of aliphatic hydroxyl groups is 1. The van der Waals surface area contributed by atoms with Crippen LogP contribution in [0, 0.1) is 0 Å². The zero-order valence-electron chi connectivity index (χ0n) is 22.7. The molecule has 8 nitrogen and oxygen atoms in total. The number of β-amino-alcohol motifs (C(OH)–C–C–N with tert-alkyl or cyclic N) is 1. The van der Waals surface area contributed by atoms with Crippen LogP contribution in [0.4, 0.5) is 45.5 Å². The average Bonchev–Trinajstić information content (AvgIpc) is 3.05. The third-order valence-corrected chi connectivity index (χ3v) is 7.45. The van der Waals surface area contributed by atoms with Crippen molar-refractivity contribution in [2.45, 2.75) is 19.6 Å². The Morgan fingerprint density at radius 2 is 1.39 bits per heavy atom. The van der Waals surface area contributed by atoms with Crippen LogP contribution in [0.5, 0.6) is 0 Å². The summed E-state index contributed by atoms with van der Waals surface area (Å²) >= 11 is 0. The van der Waals surface area contributed by atoms with Gasteiger partial charge in [0.25, 0.3) is 0 Å². The molecule has 11 heteroatoms. The first kappa shape index (κ1) is 28.6. The lowest BCUT2D eigenvalue weighted by Gasteiger charge is -2.34. The van der Waals surface area contributed by atoms with Crippen LogP contribution in [-0.4, -0.2) is 72.8 Å². The van der Waals surface area contributed by atoms with Gasteiger partial charge in [-0.1, -0.05) is 30.3 Å². The summed E-state index contributed by atoms with van der Waals surface area (Å²) in [7, 11) is 0. The van der Waals surface area contributed by atoms with E-state index in [9.17, 15) is 22.8 Å². The van der Waals surface area contributed by atoms with Crippen molar-refractivity contribution < 1.29 is 27.9 Å². The fourth-order valence-electron chi connectivity index (χ4n) is 5.29. The first-order valence-electron chi connectivity index (χ1n) is 13.6. The van der Waals surface area contributed by atoms with E-state index < -0.39 is 23.8 Å². The number of nitrogens with zero attached hydrogens (tertiary/aromatic N) is 5. The van der Waals surface area contributed by atoms with Crippen LogP contribution in [0.2, 0.25) is 0 Å². The molecule has 3 aromatic carbocycles. The molecule has 4 amide bonds. The summed E-state index contributed by atoms with van der Waals surface area (Å²) in [5, 5.41) is 9.16. The van der Waals surface area contributed by atoms with Gasteiger partial charge in [-0.2, -0.15) is 13.2 Å². The average molecular weight is 568 g/mol. The van der Waals surface area contributed by atoms with Crippen molar-refractivity contribution in [2.75, 3.05) is 60.6 Å². The number of fused-ring (bicyclic) bond motifs is 1. The van der Waals surface area contributed by atoms with E-state index in [0.717, 1.165) is 53.7 Å². The Morgan fingerprint density at radius 3 is 2.00 bits per heavy atom. The summed E-state index contributed by atoms with van der Waals surface area (Å²) in [4.78, 5) is 36.0. The molecule has 1 N–H and O–H groups in total. The van der Waals surface area contributed by atoms with Crippen molar-refractivity contribution in [2.24, 2.45) is 0 Å². The van der Waals surface area contributed by atoms with E-state index in [0.29, 0.717) is 24.5 Å². The molecule has 41 heavy (non-hydrogen) atoms. The van der Waals surface area contributed by atoms with E-state index in [-0.39, 0.29) is 24.5 Å². The largest absolute Gasteiger partial charge is 0.416 e. The molecule has 3 aromatic rings. The van der Waals surface area contributed by atoms with Crippen LogP contribution >= 0.6 is 0 Å². The van der Waals surface area contributed by atoms with Gasteiger partial charge in [-0.15, -0.1) is 0 Å². The van der Waals surface area contributed by atoms with Crippen molar-refractivity contribution in [1.29, 1.82) is 0 Å². The number of rotatable bonds is 7. The van der Waals surface area contributed by atoms with E-state index in [1.54, 1.807) is 49.4 Å². The molecule has 2 heterocycles. The molecule has 0 atom stereocenters. The van der Waals surface area contributed by atoms with Crippen molar-refractivity contribution >= 4 is 34.8 Å². The van der Waals surface area contributed by atoms with Crippen LogP contribution in [-0.2, 0) is 12.7 Å². The third kappa shape index (κ3) is 5.92. The highest BCUT2D eigenvalue weighted by atomic mass is 19.4. The number of halogens is 3. The minimum Gasteiger partial charge on any atom is -0.395 e. The van der Waals surface area contributed by atoms with Gasteiger partial charge in [0, 0.05) is 45.8 Å². The fraction of sp³-hybridized carbons (Fsp3) is 0.333. The Morgan fingerprint density at radius 1 is 0.756 bits per heavy atom. The lowest BCUT2D eigenvalue weighted by atomic mass is 10.1. The fourth-order valence-corrected chi connectivity index (χ4v) is 5.29. The molecule has 1 saturated heterocycles. The number of piperazine rings is 1. The normalized spacial score (nSPS) is 17.1. The highest BCUT2D eigenvalue weighted by Gasteiger charge is 2.41.